The largest absolute Gasteiger partial charge is 0.394 e. The molecule has 1 fully saturated rings. The van der Waals surface area contributed by atoms with Crippen molar-refractivity contribution in [1.29, 1.82) is 0 Å². The fourth-order valence-corrected chi connectivity index (χ4v) is 3.66. The highest BCUT2D eigenvalue weighted by Gasteiger charge is 2.47. The quantitative estimate of drug-likeness (QED) is 0.384. The van der Waals surface area contributed by atoms with Crippen molar-refractivity contribution in [1.82, 2.24) is 0 Å². The fraction of sp³-hybridized carbons (Fsp3) is 0.667. The summed E-state index contributed by atoms with van der Waals surface area (Å²) in [6.07, 6.45) is 0.197. The summed E-state index contributed by atoms with van der Waals surface area (Å²) in [5.74, 6) is -0.00855. The van der Waals surface area contributed by atoms with Gasteiger partial charge in [0.2, 0.25) is 0 Å². The smallest absolute Gasteiger partial charge is 0.187 e. The third-order valence-corrected chi connectivity index (χ3v) is 5.73. The Hall–Kier alpha value is -1.39. The Morgan fingerprint density at radius 2 is 1.93 bits per heavy atom. The molecule has 0 aromatic rings. The van der Waals surface area contributed by atoms with Crippen LogP contribution in [0.25, 0.3) is 0 Å². The lowest BCUT2D eigenvalue weighted by Gasteiger charge is -2.44. The Morgan fingerprint density at radius 3 is 2.52 bits per heavy atom. The third kappa shape index (κ3) is 5.03. The van der Waals surface area contributed by atoms with Gasteiger partial charge in [-0.2, -0.15) is 0 Å². The van der Waals surface area contributed by atoms with Crippen LogP contribution in [0.1, 0.15) is 34.1 Å². The van der Waals surface area contributed by atoms with Crippen LogP contribution in [0.3, 0.4) is 0 Å². The van der Waals surface area contributed by atoms with Crippen molar-refractivity contribution in [2.75, 3.05) is 13.2 Å². The molecule has 0 aromatic heterocycles. The van der Waals surface area contributed by atoms with E-state index in [1.54, 1.807) is 32.1 Å². The van der Waals surface area contributed by atoms with E-state index in [0.29, 0.717) is 5.57 Å². The van der Waals surface area contributed by atoms with Crippen molar-refractivity contribution in [3.05, 3.63) is 35.5 Å². The van der Waals surface area contributed by atoms with Gasteiger partial charge in [0.25, 0.3) is 0 Å². The number of carbonyl (C=O) groups is 1. The van der Waals surface area contributed by atoms with E-state index in [9.17, 15) is 30.3 Å². The van der Waals surface area contributed by atoms with Crippen LogP contribution in [0.4, 0.5) is 0 Å². The van der Waals surface area contributed by atoms with E-state index >= 15 is 0 Å². The number of allylic oxidation sites excluding steroid dienone is 3. The van der Waals surface area contributed by atoms with Gasteiger partial charge in [-0.3, -0.25) is 4.79 Å². The van der Waals surface area contributed by atoms with Crippen LogP contribution in [-0.4, -0.2) is 80.8 Å². The highest BCUT2D eigenvalue weighted by Crippen LogP contribution is 2.44. The summed E-state index contributed by atoms with van der Waals surface area (Å²) in [5.41, 5.74) is -0.551. The van der Waals surface area contributed by atoms with Gasteiger partial charge in [0.1, 0.15) is 30.0 Å². The average Bonchev–Trinajstić information content (AvgIpc) is 2.64. The van der Waals surface area contributed by atoms with Gasteiger partial charge in [-0.05, 0) is 31.6 Å². The third-order valence-electron chi connectivity index (χ3n) is 5.73. The zero-order valence-corrected chi connectivity index (χ0v) is 17.3. The van der Waals surface area contributed by atoms with Crippen LogP contribution in [0, 0.1) is 5.41 Å². The summed E-state index contributed by atoms with van der Waals surface area (Å²) >= 11 is 0. The summed E-state index contributed by atoms with van der Waals surface area (Å²) < 4.78 is 10.7. The van der Waals surface area contributed by atoms with Gasteiger partial charge < -0.3 is 35.0 Å². The maximum atomic E-state index is 11.8. The zero-order valence-electron chi connectivity index (χ0n) is 17.3. The van der Waals surface area contributed by atoms with Crippen molar-refractivity contribution < 1.29 is 39.8 Å². The van der Waals surface area contributed by atoms with Crippen LogP contribution in [-0.2, 0) is 14.3 Å². The highest BCUT2D eigenvalue weighted by atomic mass is 16.7. The van der Waals surface area contributed by atoms with E-state index < -0.39 is 48.3 Å². The molecule has 8 nitrogen and oxygen atoms in total. The van der Waals surface area contributed by atoms with Gasteiger partial charge in [-0.15, -0.1) is 0 Å². The second-order valence-electron chi connectivity index (χ2n) is 8.43. The maximum Gasteiger partial charge on any atom is 0.187 e. The van der Waals surface area contributed by atoms with E-state index in [1.165, 1.54) is 6.08 Å². The molecule has 29 heavy (non-hydrogen) atoms. The molecule has 0 saturated carbocycles. The lowest BCUT2D eigenvalue weighted by Crippen LogP contribution is -2.59. The Labute approximate surface area is 170 Å². The number of carbonyl (C=O) groups excluding carboxylic acids is 1. The highest BCUT2D eigenvalue weighted by molar-refractivity contribution is 5.92. The van der Waals surface area contributed by atoms with Crippen LogP contribution in [0.15, 0.2) is 35.5 Å². The first kappa shape index (κ1) is 23.9. The van der Waals surface area contributed by atoms with Crippen molar-refractivity contribution in [2.45, 2.75) is 70.4 Å². The van der Waals surface area contributed by atoms with Gasteiger partial charge in [-0.25, -0.2) is 0 Å². The predicted octanol–water partition coefficient (Wildman–Crippen LogP) is -0.0182. The Bertz CT molecular complexity index is 693. The summed E-state index contributed by atoms with van der Waals surface area (Å²) in [6.45, 7) is 6.72. The molecule has 6 atom stereocenters. The Morgan fingerprint density at radius 1 is 1.28 bits per heavy atom. The molecule has 1 aliphatic heterocycles. The van der Waals surface area contributed by atoms with E-state index in [-0.39, 0.29) is 18.8 Å². The van der Waals surface area contributed by atoms with Crippen molar-refractivity contribution >= 4 is 5.78 Å². The molecule has 0 bridgehead atoms. The minimum absolute atomic E-state index is 0.00855. The molecule has 2 rings (SSSR count). The Balaban J connectivity index is 2.01. The molecule has 1 heterocycles. The number of rotatable bonds is 6. The number of hydrogen-bond donors (Lipinski definition) is 5. The summed E-state index contributed by atoms with van der Waals surface area (Å²) in [7, 11) is 0. The predicted molar refractivity (Wildman–Crippen MR) is 105 cm³/mol. The molecule has 5 N–H and O–H groups in total. The second-order valence-corrected chi connectivity index (χ2v) is 8.43. The first-order chi connectivity index (χ1) is 13.4. The standard InChI is InChI=1S/C21H32O8/c1-12(5-7-21(27)13(2)9-14(23)10-20(21,3)4)6-8-28-19-18(26)17(25)16(24)15(11-22)29-19/h5-7,9,15-19,22,24-27H,8,10-11H2,1-4H3/t15-,16-,17+,18-,19-,21?/m1/s1. The minimum Gasteiger partial charge on any atom is -0.394 e. The topological polar surface area (TPSA) is 137 Å². The lowest BCUT2D eigenvalue weighted by molar-refractivity contribution is -0.298. The van der Waals surface area contributed by atoms with E-state index in [4.69, 9.17) is 9.47 Å². The van der Waals surface area contributed by atoms with Crippen molar-refractivity contribution in [2.24, 2.45) is 5.41 Å². The van der Waals surface area contributed by atoms with Gasteiger partial charge in [0, 0.05) is 11.8 Å². The number of hydrogen-bond acceptors (Lipinski definition) is 8. The van der Waals surface area contributed by atoms with E-state index in [1.807, 2.05) is 13.8 Å². The molecule has 0 radical (unpaired) electrons. The van der Waals surface area contributed by atoms with Crippen LogP contribution in [0.2, 0.25) is 0 Å². The minimum atomic E-state index is -1.49. The SMILES string of the molecule is CC(C=CC1(O)C(C)=CC(=O)CC1(C)C)=CCO[C@@H]1O[C@H](CO)[C@@H](O)[C@H](O)[C@H]1O. The first-order valence-corrected chi connectivity index (χ1v) is 9.65. The number of ketones is 1. The average molecular weight is 412 g/mol. The summed E-state index contributed by atoms with van der Waals surface area (Å²) in [6, 6.07) is 0. The number of aliphatic hydroxyl groups is 5. The first-order valence-electron chi connectivity index (χ1n) is 9.65. The zero-order chi connectivity index (χ0) is 22.0. The van der Waals surface area contributed by atoms with Gasteiger partial charge in [0.15, 0.2) is 12.1 Å². The molecule has 1 aliphatic carbocycles. The molecule has 0 amide bonds. The van der Waals surface area contributed by atoms with Crippen LogP contribution in [0.5, 0.6) is 0 Å². The van der Waals surface area contributed by atoms with Crippen molar-refractivity contribution in [3.8, 4) is 0 Å². The van der Waals surface area contributed by atoms with Gasteiger partial charge in [0.05, 0.1) is 13.2 Å². The monoisotopic (exact) mass is 412 g/mol. The molecular weight excluding hydrogens is 380 g/mol. The molecule has 1 unspecified atom stereocenters. The van der Waals surface area contributed by atoms with E-state index in [2.05, 4.69) is 0 Å². The Kier molecular flexibility index (Phi) is 7.56. The normalized spacial score (nSPS) is 38.4. The number of aliphatic hydroxyl groups excluding tert-OH is 4. The van der Waals surface area contributed by atoms with Gasteiger partial charge in [-0.1, -0.05) is 31.6 Å². The molecule has 164 valence electrons. The summed E-state index contributed by atoms with van der Waals surface area (Å²) in [5, 5.41) is 49.8. The molecule has 2 aliphatic rings. The van der Waals surface area contributed by atoms with Gasteiger partial charge >= 0.3 is 0 Å². The molecule has 8 heteroatoms. The van der Waals surface area contributed by atoms with Crippen molar-refractivity contribution in [3.63, 3.8) is 0 Å². The number of ether oxygens (including phenoxy) is 2. The fourth-order valence-electron chi connectivity index (χ4n) is 3.66. The molecule has 0 aromatic carbocycles. The second kappa shape index (κ2) is 9.18. The van der Waals surface area contributed by atoms with Crippen LogP contribution >= 0.6 is 0 Å². The van der Waals surface area contributed by atoms with E-state index in [0.717, 1.165) is 5.57 Å². The molecule has 1 saturated heterocycles. The van der Waals surface area contributed by atoms with Crippen LogP contribution < -0.4 is 0 Å². The maximum absolute atomic E-state index is 11.8. The lowest BCUT2D eigenvalue weighted by atomic mass is 9.64. The molecular formula is C21H32O8. The molecule has 0 spiro atoms. The summed E-state index contributed by atoms with van der Waals surface area (Å²) in [4.78, 5) is 11.8.